The van der Waals surface area contributed by atoms with E-state index < -0.39 is 6.04 Å². The normalized spacial score (nSPS) is 14.9. The predicted molar refractivity (Wildman–Crippen MR) is 119 cm³/mol. The lowest BCUT2D eigenvalue weighted by atomic mass is 10.1. The summed E-state index contributed by atoms with van der Waals surface area (Å²) < 4.78 is 5.62. The summed E-state index contributed by atoms with van der Waals surface area (Å²) in [6.07, 6.45) is 4.21. The maximum Gasteiger partial charge on any atom is 0.261 e. The van der Waals surface area contributed by atoms with Crippen molar-refractivity contribution < 1.29 is 14.3 Å². The van der Waals surface area contributed by atoms with Gasteiger partial charge in [-0.05, 0) is 49.6 Å². The second kappa shape index (κ2) is 10.7. The zero-order chi connectivity index (χ0) is 21.5. The van der Waals surface area contributed by atoms with Gasteiger partial charge in [-0.15, -0.1) is 0 Å². The van der Waals surface area contributed by atoms with Crippen LogP contribution in [0.15, 0.2) is 48.5 Å². The number of hydrogen-bond acceptors (Lipinski definition) is 3. The first-order valence-corrected chi connectivity index (χ1v) is 10.9. The fraction of sp³-hybridized carbons (Fsp3) is 0.391. The summed E-state index contributed by atoms with van der Waals surface area (Å²) in [5, 5.41) is 4.08. The first-order valence-electron chi connectivity index (χ1n) is 10.2. The number of amides is 2. The predicted octanol–water partition coefficient (Wildman–Crippen LogP) is 4.85. The third-order valence-electron chi connectivity index (χ3n) is 5.30. The molecule has 2 amide bonds. The molecule has 0 unspecified atom stereocenters. The molecule has 0 aliphatic heterocycles. The zero-order valence-electron chi connectivity index (χ0n) is 16.9. The lowest BCUT2D eigenvalue weighted by Crippen LogP contribution is -2.50. The Morgan fingerprint density at radius 3 is 2.57 bits per heavy atom. The van der Waals surface area contributed by atoms with Gasteiger partial charge in [-0.25, -0.2) is 0 Å². The summed E-state index contributed by atoms with van der Waals surface area (Å²) in [4.78, 5) is 27.4. The van der Waals surface area contributed by atoms with E-state index in [2.05, 4.69) is 5.32 Å². The topological polar surface area (TPSA) is 58.6 Å². The van der Waals surface area contributed by atoms with Crippen LogP contribution in [-0.2, 0) is 16.1 Å². The van der Waals surface area contributed by atoms with Crippen LogP contribution in [0.3, 0.4) is 0 Å². The van der Waals surface area contributed by atoms with Gasteiger partial charge in [-0.2, -0.15) is 0 Å². The van der Waals surface area contributed by atoms with Crippen molar-refractivity contribution in [3.05, 3.63) is 64.1 Å². The fourth-order valence-electron chi connectivity index (χ4n) is 3.59. The van der Waals surface area contributed by atoms with Crippen molar-refractivity contribution in [3.8, 4) is 5.75 Å². The van der Waals surface area contributed by atoms with Gasteiger partial charge in [-0.1, -0.05) is 60.3 Å². The standard InChI is InChI=1S/C23H26Cl2N2O3/c1-16(23(29)26-19-9-2-3-10-19)27(14-17-7-6-8-18(24)13-17)22(28)15-30-21-12-5-4-11-20(21)25/h4-8,11-13,16,19H,2-3,9-10,14-15H2,1H3,(H,26,29)/t16-/m1/s1. The monoisotopic (exact) mass is 448 g/mol. The van der Waals surface area contributed by atoms with Gasteiger partial charge in [-0.3, -0.25) is 9.59 Å². The van der Waals surface area contributed by atoms with Crippen molar-refractivity contribution in [2.45, 2.75) is 51.2 Å². The molecule has 1 aliphatic carbocycles. The minimum atomic E-state index is -0.646. The molecule has 0 saturated heterocycles. The van der Waals surface area contributed by atoms with Crippen LogP contribution in [0.25, 0.3) is 0 Å². The van der Waals surface area contributed by atoms with E-state index in [1.807, 2.05) is 12.1 Å². The van der Waals surface area contributed by atoms with Crippen LogP contribution in [-0.4, -0.2) is 35.4 Å². The van der Waals surface area contributed by atoms with Crippen molar-refractivity contribution in [2.75, 3.05) is 6.61 Å². The Morgan fingerprint density at radius 2 is 1.87 bits per heavy atom. The molecule has 2 aromatic rings. The highest BCUT2D eigenvalue weighted by molar-refractivity contribution is 6.32. The van der Waals surface area contributed by atoms with E-state index in [1.165, 1.54) is 4.90 Å². The highest BCUT2D eigenvalue weighted by atomic mass is 35.5. The molecule has 1 aliphatic rings. The minimum absolute atomic E-state index is 0.157. The molecule has 3 rings (SSSR count). The van der Waals surface area contributed by atoms with Crippen LogP contribution in [0.1, 0.15) is 38.2 Å². The van der Waals surface area contributed by atoms with Gasteiger partial charge in [0, 0.05) is 17.6 Å². The maximum absolute atomic E-state index is 13.0. The van der Waals surface area contributed by atoms with Crippen molar-refractivity contribution in [3.63, 3.8) is 0 Å². The number of ether oxygens (including phenoxy) is 1. The van der Waals surface area contributed by atoms with Crippen LogP contribution >= 0.6 is 23.2 Å². The molecule has 5 nitrogen and oxygen atoms in total. The number of carbonyl (C=O) groups excluding carboxylic acids is 2. The highest BCUT2D eigenvalue weighted by Crippen LogP contribution is 2.23. The van der Waals surface area contributed by atoms with E-state index in [-0.39, 0.29) is 31.0 Å². The Morgan fingerprint density at radius 1 is 1.13 bits per heavy atom. The van der Waals surface area contributed by atoms with Gasteiger partial charge in [0.05, 0.1) is 5.02 Å². The molecule has 0 radical (unpaired) electrons. The van der Waals surface area contributed by atoms with Crippen LogP contribution in [0.4, 0.5) is 0 Å². The summed E-state index contributed by atoms with van der Waals surface area (Å²) in [5.41, 5.74) is 0.842. The Hall–Kier alpha value is -2.24. The molecule has 7 heteroatoms. The lowest BCUT2D eigenvalue weighted by molar-refractivity contribution is -0.142. The Balaban J connectivity index is 1.72. The van der Waals surface area contributed by atoms with Crippen molar-refractivity contribution in [2.24, 2.45) is 0 Å². The molecule has 1 saturated carbocycles. The van der Waals surface area contributed by atoms with Crippen LogP contribution in [0.2, 0.25) is 10.0 Å². The summed E-state index contributed by atoms with van der Waals surface area (Å²) in [7, 11) is 0. The average molecular weight is 449 g/mol. The lowest BCUT2D eigenvalue weighted by Gasteiger charge is -2.29. The summed E-state index contributed by atoms with van der Waals surface area (Å²) in [6, 6.07) is 13.8. The van der Waals surface area contributed by atoms with Gasteiger partial charge in [0.15, 0.2) is 6.61 Å². The molecule has 1 atom stereocenters. The maximum atomic E-state index is 13.0. The quantitative estimate of drug-likeness (QED) is 0.627. The third kappa shape index (κ3) is 6.13. The van der Waals surface area contributed by atoms with Gasteiger partial charge in [0.2, 0.25) is 5.91 Å². The van der Waals surface area contributed by atoms with E-state index in [1.54, 1.807) is 43.3 Å². The second-order valence-corrected chi connectivity index (χ2v) is 8.38. The number of nitrogens with one attached hydrogen (secondary N) is 1. The summed E-state index contributed by atoms with van der Waals surface area (Å²) in [6.45, 7) is 1.78. The number of para-hydroxylation sites is 1. The number of hydrogen-bond donors (Lipinski definition) is 1. The zero-order valence-corrected chi connectivity index (χ0v) is 18.5. The van der Waals surface area contributed by atoms with E-state index in [0.29, 0.717) is 15.8 Å². The molecule has 0 aromatic heterocycles. The molecule has 1 N–H and O–H groups in total. The second-order valence-electron chi connectivity index (χ2n) is 7.54. The van der Waals surface area contributed by atoms with Gasteiger partial charge >= 0.3 is 0 Å². The molecule has 2 aromatic carbocycles. The molecule has 0 heterocycles. The number of halogens is 2. The molecule has 160 valence electrons. The third-order valence-corrected chi connectivity index (χ3v) is 5.85. The largest absolute Gasteiger partial charge is 0.482 e. The minimum Gasteiger partial charge on any atom is -0.482 e. The smallest absolute Gasteiger partial charge is 0.261 e. The van der Waals surface area contributed by atoms with Gasteiger partial charge in [0.1, 0.15) is 11.8 Å². The number of rotatable bonds is 8. The van der Waals surface area contributed by atoms with Crippen LogP contribution in [0, 0.1) is 0 Å². The van der Waals surface area contributed by atoms with Gasteiger partial charge in [0.25, 0.3) is 5.91 Å². The molecular weight excluding hydrogens is 423 g/mol. The first-order chi connectivity index (χ1) is 14.4. The number of carbonyl (C=O) groups is 2. The molecule has 0 spiro atoms. The average Bonchev–Trinajstić information content (AvgIpc) is 3.24. The Bertz CT molecular complexity index is 884. The highest BCUT2D eigenvalue weighted by Gasteiger charge is 2.28. The SMILES string of the molecule is C[C@H](C(=O)NC1CCCC1)N(Cc1cccc(Cl)c1)C(=O)COc1ccccc1Cl. The van der Waals surface area contributed by atoms with Crippen LogP contribution < -0.4 is 10.1 Å². The molecule has 1 fully saturated rings. The summed E-state index contributed by atoms with van der Waals surface area (Å²) in [5.74, 6) is -0.0303. The molecule has 0 bridgehead atoms. The Kier molecular flexibility index (Phi) is 8.00. The number of benzene rings is 2. The Labute approximate surface area is 187 Å². The number of nitrogens with zero attached hydrogens (tertiary/aromatic N) is 1. The van der Waals surface area contributed by atoms with Gasteiger partial charge < -0.3 is 15.0 Å². The van der Waals surface area contributed by atoms with E-state index in [0.717, 1.165) is 31.2 Å². The van der Waals surface area contributed by atoms with Crippen molar-refractivity contribution >= 4 is 35.0 Å². The fourth-order valence-corrected chi connectivity index (χ4v) is 3.99. The van der Waals surface area contributed by atoms with Crippen molar-refractivity contribution in [1.29, 1.82) is 0 Å². The van der Waals surface area contributed by atoms with Crippen LogP contribution in [0.5, 0.6) is 5.75 Å². The molecule has 30 heavy (non-hydrogen) atoms. The van der Waals surface area contributed by atoms with E-state index >= 15 is 0 Å². The summed E-state index contributed by atoms with van der Waals surface area (Å²) >= 11 is 12.2. The molecular formula is C23H26Cl2N2O3. The first kappa shape index (κ1) is 22.4. The van der Waals surface area contributed by atoms with E-state index in [4.69, 9.17) is 27.9 Å². The van der Waals surface area contributed by atoms with E-state index in [9.17, 15) is 9.59 Å². The van der Waals surface area contributed by atoms with Crippen molar-refractivity contribution in [1.82, 2.24) is 10.2 Å².